The van der Waals surface area contributed by atoms with Gasteiger partial charge >= 0.3 is 6.18 Å². The SMILES string of the molecule is NCCc1ccc(-c2cccc(C(F)(F)F)c2)c(F)c1. The molecule has 0 amide bonds. The van der Waals surface area contributed by atoms with Crippen molar-refractivity contribution in [3.63, 3.8) is 0 Å². The van der Waals surface area contributed by atoms with Crippen LogP contribution in [0.15, 0.2) is 42.5 Å². The summed E-state index contributed by atoms with van der Waals surface area (Å²) in [6.07, 6.45) is -3.91. The Balaban J connectivity index is 2.41. The first-order chi connectivity index (χ1) is 9.41. The molecule has 0 spiro atoms. The molecule has 0 heterocycles. The number of hydrogen-bond acceptors (Lipinski definition) is 1. The topological polar surface area (TPSA) is 26.0 Å². The van der Waals surface area contributed by atoms with Gasteiger partial charge in [0.1, 0.15) is 5.82 Å². The van der Waals surface area contributed by atoms with E-state index >= 15 is 0 Å². The lowest BCUT2D eigenvalue weighted by Gasteiger charge is -2.10. The van der Waals surface area contributed by atoms with Gasteiger partial charge in [0.15, 0.2) is 0 Å². The third kappa shape index (κ3) is 3.17. The quantitative estimate of drug-likeness (QED) is 0.846. The van der Waals surface area contributed by atoms with Crippen LogP contribution in [0.1, 0.15) is 11.1 Å². The first-order valence-electron chi connectivity index (χ1n) is 6.08. The van der Waals surface area contributed by atoms with Gasteiger partial charge in [0, 0.05) is 5.56 Å². The minimum absolute atomic E-state index is 0.150. The first-order valence-corrected chi connectivity index (χ1v) is 6.08. The Kier molecular flexibility index (Phi) is 4.09. The smallest absolute Gasteiger partial charge is 0.330 e. The van der Waals surface area contributed by atoms with E-state index in [1.54, 1.807) is 6.07 Å². The third-order valence-electron chi connectivity index (χ3n) is 2.97. The lowest BCUT2D eigenvalue weighted by Crippen LogP contribution is -2.05. The monoisotopic (exact) mass is 283 g/mol. The molecule has 2 aromatic rings. The maximum atomic E-state index is 14.0. The van der Waals surface area contributed by atoms with E-state index in [2.05, 4.69) is 0 Å². The molecule has 0 aliphatic rings. The largest absolute Gasteiger partial charge is 0.416 e. The number of nitrogens with two attached hydrogens (primary N) is 1. The maximum absolute atomic E-state index is 14.0. The predicted octanol–water partition coefficient (Wildman–Crippen LogP) is 4.01. The molecule has 1 nitrogen and oxygen atoms in total. The van der Waals surface area contributed by atoms with Crippen molar-refractivity contribution < 1.29 is 17.6 Å². The Morgan fingerprint density at radius 1 is 1.00 bits per heavy atom. The zero-order valence-electron chi connectivity index (χ0n) is 10.5. The third-order valence-corrected chi connectivity index (χ3v) is 2.97. The number of alkyl halides is 3. The van der Waals surface area contributed by atoms with Gasteiger partial charge in [0.05, 0.1) is 5.56 Å². The summed E-state index contributed by atoms with van der Waals surface area (Å²) in [5, 5.41) is 0. The molecule has 2 N–H and O–H groups in total. The molecular formula is C15H13F4N. The van der Waals surface area contributed by atoms with Crippen LogP contribution in [0.25, 0.3) is 11.1 Å². The summed E-state index contributed by atoms with van der Waals surface area (Å²) in [5.41, 5.74) is 5.67. The second-order valence-corrected chi connectivity index (χ2v) is 4.43. The molecule has 0 saturated carbocycles. The average molecular weight is 283 g/mol. The fourth-order valence-electron chi connectivity index (χ4n) is 1.98. The van der Waals surface area contributed by atoms with Crippen LogP contribution in [0.3, 0.4) is 0 Å². The molecule has 0 aromatic heterocycles. The van der Waals surface area contributed by atoms with Crippen molar-refractivity contribution >= 4 is 0 Å². The number of rotatable bonds is 3. The minimum atomic E-state index is -4.44. The molecule has 0 bridgehead atoms. The highest BCUT2D eigenvalue weighted by atomic mass is 19.4. The van der Waals surface area contributed by atoms with E-state index in [0.717, 1.165) is 17.7 Å². The summed E-state index contributed by atoms with van der Waals surface area (Å²) in [4.78, 5) is 0. The van der Waals surface area contributed by atoms with Crippen LogP contribution in [0, 0.1) is 5.82 Å². The zero-order chi connectivity index (χ0) is 14.8. The highest BCUT2D eigenvalue weighted by molar-refractivity contribution is 5.65. The molecule has 2 rings (SSSR count). The molecule has 5 heteroatoms. The van der Waals surface area contributed by atoms with E-state index in [9.17, 15) is 17.6 Å². The van der Waals surface area contributed by atoms with E-state index in [-0.39, 0.29) is 11.1 Å². The van der Waals surface area contributed by atoms with Gasteiger partial charge in [-0.05, 0) is 42.3 Å². The molecule has 0 saturated heterocycles. The van der Waals surface area contributed by atoms with E-state index in [1.165, 1.54) is 24.3 Å². The highest BCUT2D eigenvalue weighted by Gasteiger charge is 2.30. The van der Waals surface area contributed by atoms with Crippen LogP contribution in [0.5, 0.6) is 0 Å². The highest BCUT2D eigenvalue weighted by Crippen LogP contribution is 2.33. The average Bonchev–Trinajstić information content (AvgIpc) is 2.38. The molecule has 20 heavy (non-hydrogen) atoms. The van der Waals surface area contributed by atoms with Crippen LogP contribution in [0.2, 0.25) is 0 Å². The summed E-state index contributed by atoms with van der Waals surface area (Å²) in [5.74, 6) is -0.546. The van der Waals surface area contributed by atoms with Crippen molar-refractivity contribution in [1.82, 2.24) is 0 Å². The summed E-state index contributed by atoms with van der Waals surface area (Å²) < 4.78 is 51.9. The fourth-order valence-corrected chi connectivity index (χ4v) is 1.98. The summed E-state index contributed by atoms with van der Waals surface area (Å²) in [6, 6.07) is 9.09. The minimum Gasteiger partial charge on any atom is -0.330 e. The lowest BCUT2D eigenvalue weighted by molar-refractivity contribution is -0.137. The van der Waals surface area contributed by atoms with Gasteiger partial charge in [-0.2, -0.15) is 13.2 Å². The predicted molar refractivity (Wildman–Crippen MR) is 69.6 cm³/mol. The standard InChI is InChI=1S/C15H13F4N/c16-14-8-10(6-7-20)4-5-13(14)11-2-1-3-12(9-11)15(17,18)19/h1-5,8-9H,6-7,20H2. The Bertz CT molecular complexity index is 605. The van der Waals surface area contributed by atoms with E-state index in [1.807, 2.05) is 0 Å². The van der Waals surface area contributed by atoms with Crippen molar-refractivity contribution in [3.05, 3.63) is 59.4 Å². The van der Waals surface area contributed by atoms with Crippen LogP contribution >= 0.6 is 0 Å². The normalized spacial score (nSPS) is 11.7. The molecule has 0 aliphatic carbocycles. The van der Waals surface area contributed by atoms with Crippen molar-refractivity contribution in [1.29, 1.82) is 0 Å². The van der Waals surface area contributed by atoms with Crippen molar-refractivity contribution in [2.75, 3.05) is 6.54 Å². The molecule has 0 radical (unpaired) electrons. The van der Waals surface area contributed by atoms with Crippen LogP contribution in [0.4, 0.5) is 17.6 Å². The van der Waals surface area contributed by atoms with Crippen molar-refractivity contribution in [3.8, 4) is 11.1 Å². The maximum Gasteiger partial charge on any atom is 0.416 e. The molecule has 106 valence electrons. The van der Waals surface area contributed by atoms with Crippen LogP contribution < -0.4 is 5.73 Å². The first kappa shape index (κ1) is 14.5. The summed E-state index contributed by atoms with van der Waals surface area (Å²) in [7, 11) is 0. The van der Waals surface area contributed by atoms with Gasteiger partial charge in [-0.15, -0.1) is 0 Å². The number of benzene rings is 2. The fraction of sp³-hybridized carbons (Fsp3) is 0.200. The molecule has 0 fully saturated rings. The van der Waals surface area contributed by atoms with E-state index in [0.29, 0.717) is 13.0 Å². The Morgan fingerprint density at radius 2 is 1.75 bits per heavy atom. The Morgan fingerprint density at radius 3 is 2.35 bits per heavy atom. The molecule has 0 atom stereocenters. The number of hydrogen-bond donors (Lipinski definition) is 1. The summed E-state index contributed by atoms with van der Waals surface area (Å²) in [6.45, 7) is 0.391. The van der Waals surface area contributed by atoms with Gasteiger partial charge < -0.3 is 5.73 Å². The lowest BCUT2D eigenvalue weighted by atomic mass is 10.00. The van der Waals surface area contributed by atoms with Gasteiger partial charge in [0.25, 0.3) is 0 Å². The van der Waals surface area contributed by atoms with Crippen LogP contribution in [-0.4, -0.2) is 6.54 Å². The van der Waals surface area contributed by atoms with Gasteiger partial charge in [-0.3, -0.25) is 0 Å². The Hall–Kier alpha value is -1.88. The second-order valence-electron chi connectivity index (χ2n) is 4.43. The molecular weight excluding hydrogens is 270 g/mol. The molecule has 2 aromatic carbocycles. The van der Waals surface area contributed by atoms with Crippen molar-refractivity contribution in [2.24, 2.45) is 5.73 Å². The van der Waals surface area contributed by atoms with Crippen LogP contribution in [-0.2, 0) is 12.6 Å². The van der Waals surface area contributed by atoms with Crippen molar-refractivity contribution in [2.45, 2.75) is 12.6 Å². The van der Waals surface area contributed by atoms with E-state index < -0.39 is 17.6 Å². The van der Waals surface area contributed by atoms with E-state index in [4.69, 9.17) is 5.73 Å². The van der Waals surface area contributed by atoms with Gasteiger partial charge in [-0.25, -0.2) is 4.39 Å². The molecule has 0 unspecified atom stereocenters. The van der Waals surface area contributed by atoms with Gasteiger partial charge in [0.2, 0.25) is 0 Å². The van der Waals surface area contributed by atoms with Gasteiger partial charge in [-0.1, -0.05) is 24.3 Å². The zero-order valence-corrected chi connectivity index (χ0v) is 10.5. The summed E-state index contributed by atoms with van der Waals surface area (Å²) >= 11 is 0. The number of halogens is 4. The molecule has 0 aliphatic heterocycles. The Labute approximate surface area is 114 Å². The second kappa shape index (κ2) is 5.63.